The summed E-state index contributed by atoms with van der Waals surface area (Å²) in [5.41, 5.74) is 2.38. The largest absolute Gasteiger partial charge is 0.507 e. The van der Waals surface area contributed by atoms with Crippen molar-refractivity contribution in [1.29, 1.82) is 10.8 Å². The van der Waals surface area contributed by atoms with E-state index in [1.54, 1.807) is 18.2 Å². The number of phenols is 1. The van der Waals surface area contributed by atoms with E-state index in [4.69, 9.17) is 10.8 Å². The summed E-state index contributed by atoms with van der Waals surface area (Å²) in [7, 11) is 1.95. The standard InChI is InChI=1S/C25H35N5O/c1-15-10-17-11-22(31)20(12-19(17)16(2)28-15)21(26)8-9-23(27)30(7)18-13-24(3,4)29-25(5,6)14-18/h8-12,18,26-27,29,31H,13-14H2,1-7H3/b9-8-,26-21?,27-23?. The highest BCUT2D eigenvalue weighted by atomic mass is 16.3. The second kappa shape index (κ2) is 8.08. The maximum atomic E-state index is 10.5. The van der Waals surface area contributed by atoms with Crippen LogP contribution >= 0.6 is 0 Å². The molecule has 4 N–H and O–H groups in total. The number of likely N-dealkylation sites (N-methyl/N-ethyl adjacent to an activating group) is 1. The second-order valence-corrected chi connectivity index (χ2v) is 10.1. The van der Waals surface area contributed by atoms with E-state index in [1.165, 1.54) is 0 Å². The van der Waals surface area contributed by atoms with Crippen LogP contribution in [-0.2, 0) is 0 Å². The van der Waals surface area contributed by atoms with Gasteiger partial charge in [-0.25, -0.2) is 0 Å². The Balaban J connectivity index is 1.79. The first-order valence-corrected chi connectivity index (χ1v) is 10.8. The summed E-state index contributed by atoms with van der Waals surface area (Å²) in [6.07, 6.45) is 5.12. The molecule has 166 valence electrons. The Morgan fingerprint density at radius 2 is 1.71 bits per heavy atom. The zero-order valence-corrected chi connectivity index (χ0v) is 19.7. The second-order valence-electron chi connectivity index (χ2n) is 10.1. The predicted octanol–water partition coefficient (Wildman–Crippen LogP) is 4.70. The Hall–Kier alpha value is -2.73. The van der Waals surface area contributed by atoms with Crippen LogP contribution in [0.2, 0.25) is 0 Å². The van der Waals surface area contributed by atoms with Crippen molar-refractivity contribution in [3.8, 4) is 5.75 Å². The van der Waals surface area contributed by atoms with Crippen LogP contribution in [0, 0.1) is 24.7 Å². The number of piperidine rings is 1. The van der Waals surface area contributed by atoms with Gasteiger partial charge < -0.3 is 20.7 Å². The zero-order chi connectivity index (χ0) is 23.1. The van der Waals surface area contributed by atoms with E-state index in [2.05, 4.69) is 38.0 Å². The first kappa shape index (κ1) is 22.9. The molecule has 0 spiro atoms. The minimum Gasteiger partial charge on any atom is -0.507 e. The molecule has 2 aromatic rings. The fourth-order valence-corrected chi connectivity index (χ4v) is 4.94. The van der Waals surface area contributed by atoms with Gasteiger partial charge in [0.05, 0.1) is 5.71 Å². The highest BCUT2D eigenvalue weighted by Crippen LogP contribution is 2.31. The van der Waals surface area contributed by atoms with E-state index in [-0.39, 0.29) is 28.6 Å². The average molecular weight is 422 g/mol. The number of nitrogens with zero attached hydrogens (tertiary/aromatic N) is 2. The molecule has 1 aromatic heterocycles. The first-order valence-electron chi connectivity index (χ1n) is 10.8. The number of nitrogens with one attached hydrogen (secondary N) is 3. The normalized spacial score (nSPS) is 18.4. The van der Waals surface area contributed by atoms with Gasteiger partial charge in [0.1, 0.15) is 11.6 Å². The van der Waals surface area contributed by atoms with Crippen LogP contribution in [0.25, 0.3) is 10.8 Å². The number of benzene rings is 1. The van der Waals surface area contributed by atoms with Crippen molar-refractivity contribution < 1.29 is 5.11 Å². The lowest BCUT2D eigenvalue weighted by atomic mass is 9.79. The molecule has 0 unspecified atom stereocenters. The Morgan fingerprint density at radius 3 is 2.32 bits per heavy atom. The summed E-state index contributed by atoms with van der Waals surface area (Å²) < 4.78 is 0. The number of allylic oxidation sites excluding steroid dienone is 1. The van der Waals surface area contributed by atoms with Gasteiger partial charge >= 0.3 is 0 Å². The van der Waals surface area contributed by atoms with E-state index in [0.717, 1.165) is 35.0 Å². The van der Waals surface area contributed by atoms with E-state index in [9.17, 15) is 5.11 Å². The van der Waals surface area contributed by atoms with Gasteiger partial charge in [0.2, 0.25) is 0 Å². The molecular weight excluding hydrogens is 386 g/mol. The highest BCUT2D eigenvalue weighted by Gasteiger charge is 2.39. The third-order valence-corrected chi connectivity index (χ3v) is 6.06. The Kier molecular flexibility index (Phi) is 5.98. The molecule has 0 atom stereocenters. The Morgan fingerprint density at radius 1 is 1.10 bits per heavy atom. The van der Waals surface area contributed by atoms with Crippen molar-refractivity contribution in [2.24, 2.45) is 0 Å². The summed E-state index contributed by atoms with van der Waals surface area (Å²) in [5.74, 6) is 0.422. The number of fused-ring (bicyclic) bond motifs is 1. The van der Waals surface area contributed by atoms with Gasteiger partial charge in [0.15, 0.2) is 0 Å². The van der Waals surface area contributed by atoms with E-state index in [0.29, 0.717) is 11.4 Å². The average Bonchev–Trinajstić information content (AvgIpc) is 2.62. The van der Waals surface area contributed by atoms with Gasteiger partial charge in [-0.3, -0.25) is 10.4 Å². The molecule has 1 saturated heterocycles. The number of phenolic OH excluding ortho intramolecular Hbond substituents is 1. The molecular formula is C25H35N5O. The van der Waals surface area contributed by atoms with Crippen molar-refractivity contribution in [3.05, 3.63) is 47.3 Å². The smallest absolute Gasteiger partial charge is 0.125 e. The number of aromatic nitrogens is 1. The summed E-state index contributed by atoms with van der Waals surface area (Å²) in [6.45, 7) is 12.7. The molecule has 6 nitrogen and oxygen atoms in total. The van der Waals surface area contributed by atoms with Crippen LogP contribution in [0.4, 0.5) is 0 Å². The number of pyridine rings is 1. The third-order valence-electron chi connectivity index (χ3n) is 6.06. The molecule has 1 aliphatic heterocycles. The number of hydrogen-bond donors (Lipinski definition) is 4. The molecule has 1 fully saturated rings. The minimum atomic E-state index is -0.00147. The fourth-order valence-electron chi connectivity index (χ4n) is 4.94. The SMILES string of the molecule is Cc1cc2cc(O)c(C(=N)/C=C\C(=N)N(C)C3CC(C)(C)NC(C)(C)C3)cc2c(C)n1. The van der Waals surface area contributed by atoms with E-state index < -0.39 is 0 Å². The lowest BCUT2D eigenvalue weighted by Crippen LogP contribution is -2.62. The molecule has 31 heavy (non-hydrogen) atoms. The number of rotatable bonds is 4. The van der Waals surface area contributed by atoms with Crippen LogP contribution in [0.15, 0.2) is 30.4 Å². The maximum absolute atomic E-state index is 10.5. The Bertz CT molecular complexity index is 1050. The summed E-state index contributed by atoms with van der Waals surface area (Å²) >= 11 is 0. The van der Waals surface area contributed by atoms with Crippen LogP contribution in [0.3, 0.4) is 0 Å². The van der Waals surface area contributed by atoms with Crippen LogP contribution in [0.5, 0.6) is 5.75 Å². The molecule has 2 heterocycles. The first-order chi connectivity index (χ1) is 14.3. The molecule has 0 aliphatic carbocycles. The van der Waals surface area contributed by atoms with Crippen molar-refractivity contribution in [2.75, 3.05) is 7.05 Å². The van der Waals surface area contributed by atoms with Crippen LogP contribution < -0.4 is 5.32 Å². The molecule has 0 saturated carbocycles. The Labute approximate surface area is 185 Å². The lowest BCUT2D eigenvalue weighted by Gasteiger charge is -2.49. The van der Waals surface area contributed by atoms with Gasteiger partial charge in [-0.15, -0.1) is 0 Å². The number of amidine groups is 1. The number of hydrogen-bond acceptors (Lipinski definition) is 5. The maximum Gasteiger partial charge on any atom is 0.125 e. The van der Waals surface area contributed by atoms with Gasteiger partial charge in [0, 0.05) is 46.5 Å². The predicted molar refractivity (Wildman–Crippen MR) is 129 cm³/mol. The molecule has 0 radical (unpaired) electrons. The van der Waals surface area contributed by atoms with Crippen molar-refractivity contribution in [3.63, 3.8) is 0 Å². The van der Waals surface area contributed by atoms with Crippen molar-refractivity contribution in [1.82, 2.24) is 15.2 Å². The molecule has 3 rings (SSSR count). The quantitative estimate of drug-likeness (QED) is 0.425. The van der Waals surface area contributed by atoms with Crippen LogP contribution in [-0.4, -0.2) is 50.7 Å². The fraction of sp³-hybridized carbons (Fsp3) is 0.480. The lowest BCUT2D eigenvalue weighted by molar-refractivity contribution is 0.114. The number of aryl methyl sites for hydroxylation is 2. The minimum absolute atomic E-state index is 0.00147. The summed E-state index contributed by atoms with van der Waals surface area (Å²) in [4.78, 5) is 6.48. The summed E-state index contributed by atoms with van der Waals surface area (Å²) in [5, 5.41) is 33.0. The van der Waals surface area contributed by atoms with E-state index in [1.807, 2.05) is 37.9 Å². The third kappa shape index (κ3) is 5.13. The van der Waals surface area contributed by atoms with Gasteiger partial charge in [-0.05, 0) is 90.1 Å². The monoisotopic (exact) mass is 421 g/mol. The molecule has 0 amide bonds. The van der Waals surface area contributed by atoms with Crippen molar-refractivity contribution >= 4 is 22.3 Å². The van der Waals surface area contributed by atoms with Crippen molar-refractivity contribution in [2.45, 2.75) is 71.5 Å². The molecule has 6 heteroatoms. The molecule has 1 aromatic carbocycles. The van der Waals surface area contributed by atoms with Gasteiger partial charge in [-0.1, -0.05) is 0 Å². The van der Waals surface area contributed by atoms with Crippen LogP contribution in [0.1, 0.15) is 57.5 Å². The topological polar surface area (TPSA) is 96.1 Å². The highest BCUT2D eigenvalue weighted by molar-refractivity contribution is 6.13. The van der Waals surface area contributed by atoms with E-state index >= 15 is 0 Å². The zero-order valence-electron chi connectivity index (χ0n) is 19.7. The van der Waals surface area contributed by atoms with Gasteiger partial charge in [-0.2, -0.15) is 0 Å². The molecule has 1 aliphatic rings. The number of aromatic hydroxyl groups is 1. The molecule has 0 bridgehead atoms. The summed E-state index contributed by atoms with van der Waals surface area (Å²) in [6, 6.07) is 5.66. The van der Waals surface area contributed by atoms with Gasteiger partial charge in [0.25, 0.3) is 0 Å².